The van der Waals surface area contributed by atoms with Crippen LogP contribution in [-0.2, 0) is 11.4 Å². The molecule has 3 aromatic rings. The van der Waals surface area contributed by atoms with Crippen molar-refractivity contribution in [1.29, 1.82) is 0 Å². The summed E-state index contributed by atoms with van der Waals surface area (Å²) < 4.78 is 11.5. The van der Waals surface area contributed by atoms with Gasteiger partial charge in [-0.15, -0.1) is 0 Å². The predicted octanol–water partition coefficient (Wildman–Crippen LogP) is 6.50. The maximum Gasteiger partial charge on any atom is 0.248 e. The van der Waals surface area contributed by atoms with E-state index < -0.39 is 0 Å². The monoisotopic (exact) mass is 435 g/mol. The predicted molar refractivity (Wildman–Crippen MR) is 127 cm³/mol. The third kappa shape index (κ3) is 5.89. The first kappa shape index (κ1) is 22.4. The first-order valence-electron chi connectivity index (χ1n) is 9.98. The molecule has 0 aromatic heterocycles. The highest BCUT2D eigenvalue weighted by atomic mass is 35.5. The fourth-order valence-corrected chi connectivity index (χ4v) is 3.55. The molecule has 0 radical (unpaired) electrons. The summed E-state index contributed by atoms with van der Waals surface area (Å²) in [5.74, 6) is 0.968. The Balaban J connectivity index is 1.78. The fourth-order valence-electron chi connectivity index (χ4n) is 3.42. The number of halogens is 1. The number of methoxy groups -OCH3 is 1. The topological polar surface area (TPSA) is 47.6 Å². The summed E-state index contributed by atoms with van der Waals surface area (Å²) in [5.41, 5.74) is 5.81. The lowest BCUT2D eigenvalue weighted by Gasteiger charge is -2.14. The summed E-state index contributed by atoms with van der Waals surface area (Å²) in [6.07, 6.45) is 3.23. The lowest BCUT2D eigenvalue weighted by atomic mass is 10.1. The third-order valence-corrected chi connectivity index (χ3v) is 5.12. The van der Waals surface area contributed by atoms with Gasteiger partial charge >= 0.3 is 0 Å². The standard InChI is InChI=1S/C26H26ClNO3/c1-17-14-18(2)25(19(3)15-17)28-24(29)13-10-21-6-5-7-23(30-4)26(21)31-16-20-8-11-22(27)12-9-20/h5-15H,16H2,1-4H3,(H,28,29)/b13-10+. The van der Waals surface area contributed by atoms with Gasteiger partial charge in [-0.1, -0.05) is 53.6 Å². The molecule has 0 bridgehead atoms. The van der Waals surface area contributed by atoms with E-state index in [-0.39, 0.29) is 5.91 Å². The van der Waals surface area contributed by atoms with Crippen LogP contribution in [-0.4, -0.2) is 13.0 Å². The van der Waals surface area contributed by atoms with Crippen LogP contribution in [0.3, 0.4) is 0 Å². The number of aryl methyl sites for hydroxylation is 3. The van der Waals surface area contributed by atoms with E-state index >= 15 is 0 Å². The van der Waals surface area contributed by atoms with E-state index in [0.29, 0.717) is 23.1 Å². The van der Waals surface area contributed by atoms with Gasteiger partial charge in [0.1, 0.15) is 6.61 Å². The minimum absolute atomic E-state index is 0.207. The molecule has 0 aliphatic rings. The number of ether oxygens (including phenoxy) is 2. The molecule has 0 aliphatic heterocycles. The quantitative estimate of drug-likeness (QED) is 0.430. The van der Waals surface area contributed by atoms with Crippen LogP contribution in [0.4, 0.5) is 5.69 Å². The Bertz CT molecular complexity index is 1080. The van der Waals surface area contributed by atoms with E-state index in [1.807, 2.05) is 63.2 Å². The van der Waals surface area contributed by atoms with E-state index in [4.69, 9.17) is 21.1 Å². The van der Waals surface area contributed by atoms with Gasteiger partial charge in [0.25, 0.3) is 0 Å². The van der Waals surface area contributed by atoms with Crippen molar-refractivity contribution in [1.82, 2.24) is 0 Å². The second kappa shape index (κ2) is 10.2. The zero-order valence-electron chi connectivity index (χ0n) is 18.2. The van der Waals surface area contributed by atoms with Crippen LogP contribution in [0, 0.1) is 20.8 Å². The maximum absolute atomic E-state index is 12.6. The highest BCUT2D eigenvalue weighted by Gasteiger charge is 2.11. The Morgan fingerprint density at radius 1 is 1.03 bits per heavy atom. The number of para-hydroxylation sites is 1. The Morgan fingerprint density at radius 2 is 1.71 bits per heavy atom. The molecular formula is C26H26ClNO3. The highest BCUT2D eigenvalue weighted by Crippen LogP contribution is 2.33. The summed E-state index contributed by atoms with van der Waals surface area (Å²) >= 11 is 5.95. The van der Waals surface area contributed by atoms with Gasteiger partial charge in [-0.2, -0.15) is 0 Å². The molecule has 0 saturated carbocycles. The molecule has 4 nitrogen and oxygen atoms in total. The van der Waals surface area contributed by atoms with Crippen LogP contribution in [0.25, 0.3) is 6.08 Å². The van der Waals surface area contributed by atoms with E-state index in [1.54, 1.807) is 13.2 Å². The summed E-state index contributed by atoms with van der Waals surface area (Å²) in [6, 6.07) is 17.1. The van der Waals surface area contributed by atoms with Gasteiger partial charge < -0.3 is 14.8 Å². The summed E-state index contributed by atoms with van der Waals surface area (Å²) in [5, 5.41) is 3.65. The zero-order valence-corrected chi connectivity index (χ0v) is 18.9. The van der Waals surface area contributed by atoms with Crippen molar-refractivity contribution in [3.63, 3.8) is 0 Å². The average Bonchev–Trinajstić information content (AvgIpc) is 2.74. The van der Waals surface area contributed by atoms with Gasteiger partial charge in [0.15, 0.2) is 11.5 Å². The summed E-state index contributed by atoms with van der Waals surface area (Å²) in [6.45, 7) is 6.38. The molecule has 31 heavy (non-hydrogen) atoms. The molecule has 3 aromatic carbocycles. The number of carbonyl (C=O) groups excluding carboxylic acids is 1. The molecule has 0 spiro atoms. The number of hydrogen-bond acceptors (Lipinski definition) is 3. The number of hydrogen-bond donors (Lipinski definition) is 1. The van der Waals surface area contributed by atoms with Gasteiger partial charge in [-0.05, 0) is 61.7 Å². The van der Waals surface area contributed by atoms with E-state index in [1.165, 1.54) is 11.6 Å². The molecule has 0 unspecified atom stereocenters. The molecule has 3 rings (SSSR count). The Kier molecular flexibility index (Phi) is 7.37. The first-order chi connectivity index (χ1) is 14.9. The van der Waals surface area contributed by atoms with E-state index in [0.717, 1.165) is 27.9 Å². The number of rotatable bonds is 7. The molecule has 0 saturated heterocycles. The van der Waals surface area contributed by atoms with E-state index in [9.17, 15) is 4.79 Å². The van der Waals surface area contributed by atoms with Crippen molar-refractivity contribution < 1.29 is 14.3 Å². The number of carbonyl (C=O) groups is 1. The molecular weight excluding hydrogens is 410 g/mol. The Hall–Kier alpha value is -3.24. The Labute approximate surface area is 188 Å². The van der Waals surface area contributed by atoms with Crippen molar-refractivity contribution >= 4 is 29.3 Å². The van der Waals surface area contributed by atoms with Crippen LogP contribution in [0.15, 0.2) is 60.7 Å². The van der Waals surface area contributed by atoms with Crippen molar-refractivity contribution in [3.05, 3.63) is 93.5 Å². The fraction of sp³-hybridized carbons (Fsp3) is 0.192. The lowest BCUT2D eigenvalue weighted by Crippen LogP contribution is -2.10. The SMILES string of the molecule is COc1cccc(/C=C/C(=O)Nc2c(C)cc(C)cc2C)c1OCc1ccc(Cl)cc1. The number of anilines is 1. The number of amides is 1. The van der Waals surface area contributed by atoms with Crippen LogP contribution < -0.4 is 14.8 Å². The van der Waals surface area contributed by atoms with Gasteiger partial charge in [-0.3, -0.25) is 4.79 Å². The van der Waals surface area contributed by atoms with E-state index in [2.05, 4.69) is 17.4 Å². The molecule has 0 aliphatic carbocycles. The lowest BCUT2D eigenvalue weighted by molar-refractivity contribution is -0.111. The van der Waals surface area contributed by atoms with Crippen LogP contribution in [0.2, 0.25) is 5.02 Å². The third-order valence-electron chi connectivity index (χ3n) is 4.87. The zero-order chi connectivity index (χ0) is 22.4. The molecule has 0 fully saturated rings. The number of nitrogens with one attached hydrogen (secondary N) is 1. The minimum atomic E-state index is -0.207. The average molecular weight is 436 g/mol. The molecule has 0 heterocycles. The van der Waals surface area contributed by atoms with Crippen molar-refractivity contribution in [2.45, 2.75) is 27.4 Å². The first-order valence-corrected chi connectivity index (χ1v) is 10.4. The highest BCUT2D eigenvalue weighted by molar-refractivity contribution is 6.30. The normalized spacial score (nSPS) is 10.9. The molecule has 1 N–H and O–H groups in total. The number of benzene rings is 3. The molecule has 0 atom stereocenters. The smallest absolute Gasteiger partial charge is 0.248 e. The minimum Gasteiger partial charge on any atom is -0.493 e. The van der Waals surface area contributed by atoms with Gasteiger partial charge in [0.2, 0.25) is 5.91 Å². The van der Waals surface area contributed by atoms with Gasteiger partial charge in [0, 0.05) is 22.3 Å². The van der Waals surface area contributed by atoms with Crippen LogP contribution in [0.1, 0.15) is 27.8 Å². The van der Waals surface area contributed by atoms with Crippen molar-refractivity contribution in [3.8, 4) is 11.5 Å². The molecule has 1 amide bonds. The second-order valence-corrected chi connectivity index (χ2v) is 7.83. The second-order valence-electron chi connectivity index (χ2n) is 7.39. The molecule has 5 heteroatoms. The van der Waals surface area contributed by atoms with Gasteiger partial charge in [-0.25, -0.2) is 0 Å². The maximum atomic E-state index is 12.6. The van der Waals surface area contributed by atoms with Crippen LogP contribution in [0.5, 0.6) is 11.5 Å². The largest absolute Gasteiger partial charge is 0.493 e. The van der Waals surface area contributed by atoms with Crippen LogP contribution >= 0.6 is 11.6 Å². The van der Waals surface area contributed by atoms with Crippen molar-refractivity contribution in [2.24, 2.45) is 0 Å². The summed E-state index contributed by atoms with van der Waals surface area (Å²) in [4.78, 5) is 12.6. The van der Waals surface area contributed by atoms with Crippen molar-refractivity contribution in [2.75, 3.05) is 12.4 Å². The van der Waals surface area contributed by atoms with Gasteiger partial charge in [0.05, 0.1) is 7.11 Å². The Morgan fingerprint density at radius 3 is 2.35 bits per heavy atom. The molecule has 160 valence electrons. The summed E-state index contributed by atoms with van der Waals surface area (Å²) in [7, 11) is 1.59.